The molecule has 150 valence electrons. The maximum absolute atomic E-state index is 12.8. The van der Waals surface area contributed by atoms with Gasteiger partial charge in [0.25, 0.3) is 0 Å². The molecule has 0 aliphatic carbocycles. The number of ether oxygens (including phenoxy) is 1. The first-order valence-corrected chi connectivity index (χ1v) is 11.3. The molecule has 3 N–H and O–H groups in total. The fourth-order valence-corrected chi connectivity index (χ4v) is 4.86. The highest BCUT2D eigenvalue weighted by Crippen LogP contribution is 2.28. The Morgan fingerprint density at radius 2 is 1.96 bits per heavy atom. The summed E-state index contributed by atoms with van der Waals surface area (Å²) in [6.07, 6.45) is 1.59. The third-order valence-electron chi connectivity index (χ3n) is 4.19. The average molecular weight is 428 g/mol. The molecule has 1 aliphatic rings. The van der Waals surface area contributed by atoms with Crippen LogP contribution in [0, 0.1) is 0 Å². The van der Waals surface area contributed by atoms with Crippen molar-refractivity contribution in [3.8, 4) is 5.75 Å². The van der Waals surface area contributed by atoms with Crippen LogP contribution in [0.1, 0.15) is 26.7 Å². The van der Waals surface area contributed by atoms with Gasteiger partial charge in [0.05, 0.1) is 18.6 Å². The number of rotatable bonds is 7. The number of halogens is 1. The number of piperidine rings is 1. The Morgan fingerprint density at radius 3 is 2.54 bits per heavy atom. The van der Waals surface area contributed by atoms with E-state index in [1.807, 2.05) is 6.92 Å². The summed E-state index contributed by atoms with van der Waals surface area (Å²) in [5.41, 5.74) is -0.0230. The lowest BCUT2D eigenvalue weighted by Crippen LogP contribution is -2.51. The number of methoxy groups -OCH3 is 1. The summed E-state index contributed by atoms with van der Waals surface area (Å²) in [5, 5.41) is 3.23. The van der Waals surface area contributed by atoms with Crippen molar-refractivity contribution >= 4 is 38.1 Å². The molecule has 1 fully saturated rings. The zero-order chi connectivity index (χ0) is 18.7. The summed E-state index contributed by atoms with van der Waals surface area (Å²) in [5.74, 6) is 0.196. The van der Waals surface area contributed by atoms with Crippen LogP contribution < -0.4 is 19.5 Å². The van der Waals surface area contributed by atoms with E-state index in [9.17, 15) is 16.8 Å². The highest BCUT2D eigenvalue weighted by Gasteiger charge is 2.29. The van der Waals surface area contributed by atoms with Crippen LogP contribution in [0.2, 0.25) is 0 Å². The molecule has 0 bridgehead atoms. The van der Waals surface area contributed by atoms with Gasteiger partial charge in [-0.1, -0.05) is 0 Å². The van der Waals surface area contributed by atoms with Gasteiger partial charge in [0.1, 0.15) is 10.6 Å². The lowest BCUT2D eigenvalue weighted by Gasteiger charge is -2.30. The Kier molecular flexibility index (Phi) is 8.15. The molecule has 1 saturated heterocycles. The Morgan fingerprint density at radius 1 is 1.27 bits per heavy atom. The molecule has 0 radical (unpaired) electrons. The second kappa shape index (κ2) is 9.23. The Balaban J connectivity index is 0.00000338. The lowest BCUT2D eigenvalue weighted by atomic mass is 10.0. The minimum absolute atomic E-state index is 0. The van der Waals surface area contributed by atoms with E-state index in [1.54, 1.807) is 0 Å². The van der Waals surface area contributed by atoms with Crippen molar-refractivity contribution in [3.63, 3.8) is 0 Å². The largest absolute Gasteiger partial charge is 0.497 e. The van der Waals surface area contributed by atoms with Crippen LogP contribution in [-0.2, 0) is 20.0 Å². The van der Waals surface area contributed by atoms with E-state index in [0.29, 0.717) is 5.75 Å². The van der Waals surface area contributed by atoms with E-state index in [-0.39, 0.29) is 40.8 Å². The third kappa shape index (κ3) is 5.71. The normalized spacial score (nSPS) is 20.9. The summed E-state index contributed by atoms with van der Waals surface area (Å²) >= 11 is 0. The first-order chi connectivity index (χ1) is 11.7. The van der Waals surface area contributed by atoms with Gasteiger partial charge >= 0.3 is 0 Å². The molecular weight excluding hydrogens is 402 g/mol. The van der Waals surface area contributed by atoms with Crippen LogP contribution in [-0.4, -0.2) is 48.3 Å². The van der Waals surface area contributed by atoms with Crippen LogP contribution in [0.5, 0.6) is 5.75 Å². The SMILES string of the molecule is CCS(=O)(=O)Nc1cc(OC)ccc1S(=O)(=O)NC1CCCNC1C.Cl. The Labute approximate surface area is 161 Å². The molecule has 1 heterocycles. The van der Waals surface area contributed by atoms with E-state index >= 15 is 0 Å². The van der Waals surface area contributed by atoms with Crippen molar-refractivity contribution in [1.29, 1.82) is 0 Å². The van der Waals surface area contributed by atoms with Crippen LogP contribution in [0.15, 0.2) is 23.1 Å². The average Bonchev–Trinajstić information content (AvgIpc) is 2.56. The number of sulfonamides is 2. The molecule has 2 atom stereocenters. The van der Waals surface area contributed by atoms with Gasteiger partial charge in [0.2, 0.25) is 20.0 Å². The van der Waals surface area contributed by atoms with Gasteiger partial charge < -0.3 is 10.1 Å². The van der Waals surface area contributed by atoms with E-state index in [0.717, 1.165) is 19.4 Å². The van der Waals surface area contributed by atoms with Crippen molar-refractivity contribution in [2.24, 2.45) is 0 Å². The molecule has 1 aromatic rings. The molecule has 26 heavy (non-hydrogen) atoms. The highest BCUT2D eigenvalue weighted by atomic mass is 35.5. The fourth-order valence-electron chi connectivity index (χ4n) is 2.66. The molecule has 0 amide bonds. The number of anilines is 1. The smallest absolute Gasteiger partial charge is 0.242 e. The predicted molar refractivity (Wildman–Crippen MR) is 104 cm³/mol. The number of hydrogen-bond donors (Lipinski definition) is 3. The van der Waals surface area contributed by atoms with Gasteiger partial charge in [-0.3, -0.25) is 4.72 Å². The van der Waals surface area contributed by atoms with Crippen molar-refractivity contribution in [1.82, 2.24) is 10.0 Å². The topological polar surface area (TPSA) is 114 Å². The molecule has 0 saturated carbocycles. The molecule has 2 rings (SSSR count). The van der Waals surface area contributed by atoms with Gasteiger partial charge in [-0.2, -0.15) is 0 Å². The number of benzene rings is 1. The summed E-state index contributed by atoms with van der Waals surface area (Å²) in [4.78, 5) is -0.122. The minimum Gasteiger partial charge on any atom is -0.497 e. The van der Waals surface area contributed by atoms with E-state index in [1.165, 1.54) is 32.2 Å². The maximum atomic E-state index is 12.8. The van der Waals surface area contributed by atoms with Crippen molar-refractivity contribution in [2.75, 3.05) is 24.1 Å². The van der Waals surface area contributed by atoms with E-state index in [2.05, 4.69) is 14.8 Å². The van der Waals surface area contributed by atoms with Gasteiger partial charge in [-0.05, 0) is 45.4 Å². The van der Waals surface area contributed by atoms with E-state index < -0.39 is 20.0 Å². The monoisotopic (exact) mass is 427 g/mol. The van der Waals surface area contributed by atoms with Crippen LogP contribution in [0.4, 0.5) is 5.69 Å². The summed E-state index contributed by atoms with van der Waals surface area (Å²) in [6, 6.07) is 3.94. The standard InChI is InChI=1S/C15H25N3O5S2.ClH/c1-4-24(19,20)17-14-10-12(23-3)7-8-15(14)25(21,22)18-13-6-5-9-16-11(13)2;/h7-8,10-11,13,16-18H,4-6,9H2,1-3H3;1H. The molecule has 0 aromatic heterocycles. The van der Waals surface area contributed by atoms with Gasteiger partial charge in [0.15, 0.2) is 0 Å². The van der Waals surface area contributed by atoms with Crippen molar-refractivity contribution in [3.05, 3.63) is 18.2 Å². The summed E-state index contributed by atoms with van der Waals surface area (Å²) in [6.45, 7) is 4.24. The number of nitrogens with one attached hydrogen (secondary N) is 3. The van der Waals surface area contributed by atoms with Gasteiger partial charge in [-0.15, -0.1) is 12.4 Å². The number of hydrogen-bond acceptors (Lipinski definition) is 6. The molecule has 1 aromatic carbocycles. The molecule has 2 unspecified atom stereocenters. The first kappa shape index (κ1) is 23.0. The molecular formula is C15H26ClN3O5S2. The summed E-state index contributed by atoms with van der Waals surface area (Å²) < 4.78 is 59.6. The van der Waals surface area contributed by atoms with Crippen LogP contribution in [0.3, 0.4) is 0 Å². The fraction of sp³-hybridized carbons (Fsp3) is 0.600. The van der Waals surface area contributed by atoms with Crippen LogP contribution in [0.25, 0.3) is 0 Å². The Bertz CT molecular complexity index is 815. The molecule has 8 nitrogen and oxygen atoms in total. The predicted octanol–water partition coefficient (Wildman–Crippen LogP) is 1.30. The first-order valence-electron chi connectivity index (χ1n) is 8.13. The summed E-state index contributed by atoms with van der Waals surface area (Å²) in [7, 11) is -6.11. The van der Waals surface area contributed by atoms with E-state index in [4.69, 9.17) is 4.74 Å². The zero-order valence-corrected chi connectivity index (χ0v) is 17.4. The maximum Gasteiger partial charge on any atom is 0.242 e. The highest BCUT2D eigenvalue weighted by molar-refractivity contribution is 7.93. The molecule has 11 heteroatoms. The quantitative estimate of drug-likeness (QED) is 0.604. The molecule has 0 spiro atoms. The molecule has 1 aliphatic heterocycles. The zero-order valence-electron chi connectivity index (χ0n) is 15.0. The van der Waals surface area contributed by atoms with Crippen molar-refractivity contribution < 1.29 is 21.6 Å². The van der Waals surface area contributed by atoms with Crippen molar-refractivity contribution in [2.45, 2.75) is 43.7 Å². The third-order valence-corrected chi connectivity index (χ3v) is 7.03. The Hall–Kier alpha value is -1.07. The van der Waals surface area contributed by atoms with Gasteiger partial charge in [0, 0.05) is 18.2 Å². The lowest BCUT2D eigenvalue weighted by molar-refractivity contribution is 0.349. The van der Waals surface area contributed by atoms with Gasteiger partial charge in [-0.25, -0.2) is 21.6 Å². The minimum atomic E-state index is -3.90. The second-order valence-corrected chi connectivity index (χ2v) is 9.67. The van der Waals surface area contributed by atoms with Crippen LogP contribution >= 0.6 is 12.4 Å². The second-order valence-electron chi connectivity index (χ2n) is 5.98.